The van der Waals surface area contributed by atoms with Crippen molar-refractivity contribution < 1.29 is 18.4 Å². The van der Waals surface area contributed by atoms with Crippen molar-refractivity contribution in [1.29, 1.82) is 0 Å². The quantitative estimate of drug-likeness (QED) is 0.883. The molecule has 0 atom stereocenters. The van der Waals surface area contributed by atoms with Gasteiger partial charge in [-0.25, -0.2) is 13.5 Å². The van der Waals surface area contributed by atoms with E-state index in [1.165, 1.54) is 29.9 Å². The zero-order chi connectivity index (χ0) is 18.1. The lowest BCUT2D eigenvalue weighted by molar-refractivity contribution is -0.117. The number of nitrogens with one attached hydrogen (secondary N) is 1. The van der Waals surface area contributed by atoms with Crippen molar-refractivity contribution in [3.8, 4) is 0 Å². The highest BCUT2D eigenvalue weighted by atomic mass is 32.2. The number of nitrogens with zero attached hydrogens (tertiary/aromatic N) is 3. The van der Waals surface area contributed by atoms with E-state index >= 15 is 0 Å². The normalized spacial score (nSPS) is 13.6. The van der Waals surface area contributed by atoms with E-state index in [1.807, 2.05) is 0 Å². The number of anilines is 2. The minimum atomic E-state index is -0.803. The van der Waals surface area contributed by atoms with Gasteiger partial charge in [-0.15, -0.1) is 11.8 Å². The Hall–Kier alpha value is -2.75. The topological polar surface area (TPSA) is 84.3 Å². The molecule has 3 rings (SSSR count). The van der Waals surface area contributed by atoms with Gasteiger partial charge in [0, 0.05) is 13.1 Å². The third-order valence-electron chi connectivity index (χ3n) is 3.54. The van der Waals surface area contributed by atoms with Crippen LogP contribution >= 0.6 is 11.8 Å². The van der Waals surface area contributed by atoms with Crippen LogP contribution in [0.2, 0.25) is 0 Å². The molecular weight excluding hydrogens is 354 g/mol. The van der Waals surface area contributed by atoms with Crippen molar-refractivity contribution >= 4 is 35.0 Å². The van der Waals surface area contributed by atoms with E-state index in [0.29, 0.717) is 4.90 Å². The first kappa shape index (κ1) is 17.1. The zero-order valence-electron chi connectivity index (χ0n) is 13.0. The van der Waals surface area contributed by atoms with Crippen LogP contribution < -0.4 is 15.8 Å². The van der Waals surface area contributed by atoms with E-state index in [9.17, 15) is 23.2 Å². The van der Waals surface area contributed by atoms with Gasteiger partial charge in [-0.05, 0) is 12.1 Å². The fourth-order valence-electron chi connectivity index (χ4n) is 2.27. The molecule has 0 radical (unpaired) electrons. The second kappa shape index (κ2) is 6.63. The smallest absolute Gasteiger partial charge is 0.292 e. The molecule has 0 unspecified atom stereocenters. The van der Waals surface area contributed by atoms with Crippen LogP contribution in [0, 0.1) is 11.6 Å². The number of amides is 2. The van der Waals surface area contributed by atoms with E-state index in [2.05, 4.69) is 10.4 Å². The molecule has 1 aromatic carbocycles. The van der Waals surface area contributed by atoms with Crippen molar-refractivity contribution in [2.45, 2.75) is 11.4 Å². The van der Waals surface area contributed by atoms with Crippen molar-refractivity contribution in [1.82, 2.24) is 9.78 Å². The van der Waals surface area contributed by atoms with Crippen LogP contribution in [0.3, 0.4) is 0 Å². The molecule has 2 aromatic rings. The summed E-state index contributed by atoms with van der Waals surface area (Å²) in [5, 5.41) is 6.08. The number of aromatic nitrogens is 2. The molecule has 0 aliphatic carbocycles. The molecule has 0 fully saturated rings. The summed E-state index contributed by atoms with van der Waals surface area (Å²) in [5.74, 6) is -2.30. The molecule has 0 saturated carbocycles. The Morgan fingerprint density at radius 1 is 1.36 bits per heavy atom. The first-order valence-corrected chi connectivity index (χ1v) is 8.10. The molecule has 0 spiro atoms. The lowest BCUT2D eigenvalue weighted by Gasteiger charge is -2.24. The molecule has 1 N–H and O–H groups in total. The van der Waals surface area contributed by atoms with E-state index in [-0.39, 0.29) is 23.0 Å². The number of hydrogen-bond acceptors (Lipinski definition) is 5. The highest BCUT2D eigenvalue weighted by molar-refractivity contribution is 8.00. The standard InChI is InChI=1S/C15H12F2N4O3S/c1-20-13(23)7-25-11-5-18-21(15(24)14(11)20)6-12(22)19-10-4-8(16)2-3-9(10)17/h2-5H,6-7H2,1H3,(H,19,22). The van der Waals surface area contributed by atoms with Gasteiger partial charge < -0.3 is 10.2 Å². The average molecular weight is 366 g/mol. The fourth-order valence-corrected chi connectivity index (χ4v) is 3.23. The predicted molar refractivity (Wildman–Crippen MR) is 87.6 cm³/mol. The Labute approximate surface area is 144 Å². The maximum atomic E-state index is 13.6. The van der Waals surface area contributed by atoms with Crippen LogP contribution in [-0.2, 0) is 16.1 Å². The summed E-state index contributed by atoms with van der Waals surface area (Å²) in [5.41, 5.74) is -0.810. The summed E-state index contributed by atoms with van der Waals surface area (Å²) in [4.78, 5) is 38.0. The molecule has 130 valence electrons. The fraction of sp³-hybridized carbons (Fsp3) is 0.200. The molecule has 1 aliphatic heterocycles. The molecule has 1 aromatic heterocycles. The van der Waals surface area contributed by atoms with Gasteiger partial charge >= 0.3 is 0 Å². The van der Waals surface area contributed by atoms with Crippen LogP contribution in [0.4, 0.5) is 20.2 Å². The zero-order valence-corrected chi connectivity index (χ0v) is 13.8. The maximum Gasteiger partial charge on any atom is 0.292 e. The van der Waals surface area contributed by atoms with Gasteiger partial charge in [0.15, 0.2) is 0 Å². The molecular formula is C15H12F2N4O3S. The summed E-state index contributed by atoms with van der Waals surface area (Å²) in [6, 6.07) is 2.64. The van der Waals surface area contributed by atoms with Crippen LogP contribution in [0.25, 0.3) is 0 Å². The molecule has 2 amide bonds. The second-order valence-electron chi connectivity index (χ2n) is 5.23. The van der Waals surface area contributed by atoms with Gasteiger partial charge in [0.1, 0.15) is 23.9 Å². The van der Waals surface area contributed by atoms with Crippen LogP contribution in [-0.4, -0.2) is 34.4 Å². The molecule has 0 saturated heterocycles. The summed E-state index contributed by atoms with van der Waals surface area (Å²) < 4.78 is 27.5. The maximum absolute atomic E-state index is 13.6. The number of carbonyl (C=O) groups excluding carboxylic acids is 2. The second-order valence-corrected chi connectivity index (χ2v) is 6.25. The van der Waals surface area contributed by atoms with E-state index < -0.39 is 29.6 Å². The predicted octanol–water partition coefficient (Wildman–Crippen LogP) is 1.23. The third kappa shape index (κ3) is 3.38. The first-order chi connectivity index (χ1) is 11.9. The number of halogens is 2. The number of benzene rings is 1. The SMILES string of the molecule is CN1C(=O)CSc2cnn(CC(=O)Nc3cc(F)ccc3F)c(=O)c21. The van der Waals surface area contributed by atoms with Crippen molar-refractivity contribution in [3.63, 3.8) is 0 Å². The van der Waals surface area contributed by atoms with E-state index in [4.69, 9.17) is 0 Å². The molecule has 25 heavy (non-hydrogen) atoms. The molecule has 7 nitrogen and oxygen atoms in total. The van der Waals surface area contributed by atoms with Crippen LogP contribution in [0.15, 0.2) is 34.1 Å². The lowest BCUT2D eigenvalue weighted by atomic mass is 10.3. The molecule has 0 bridgehead atoms. The van der Waals surface area contributed by atoms with Crippen molar-refractivity contribution in [2.24, 2.45) is 0 Å². The van der Waals surface area contributed by atoms with E-state index in [0.717, 1.165) is 22.9 Å². The number of fused-ring (bicyclic) bond motifs is 1. The Morgan fingerprint density at radius 3 is 2.88 bits per heavy atom. The van der Waals surface area contributed by atoms with Crippen LogP contribution in [0.5, 0.6) is 0 Å². The Balaban J connectivity index is 1.84. The van der Waals surface area contributed by atoms with E-state index in [1.54, 1.807) is 0 Å². The molecule has 2 heterocycles. The minimum Gasteiger partial charge on any atom is -0.322 e. The van der Waals surface area contributed by atoms with Crippen molar-refractivity contribution in [2.75, 3.05) is 23.0 Å². The lowest BCUT2D eigenvalue weighted by Crippen LogP contribution is -2.40. The number of carbonyl (C=O) groups is 2. The van der Waals surface area contributed by atoms with Gasteiger partial charge in [-0.3, -0.25) is 14.4 Å². The molecule has 1 aliphatic rings. The molecule has 10 heteroatoms. The Kier molecular flexibility index (Phi) is 4.53. The number of thioether (sulfide) groups is 1. The van der Waals surface area contributed by atoms with Gasteiger partial charge in [0.05, 0.1) is 22.5 Å². The third-order valence-corrected chi connectivity index (χ3v) is 4.54. The monoisotopic (exact) mass is 366 g/mol. The first-order valence-electron chi connectivity index (χ1n) is 7.11. The summed E-state index contributed by atoms with van der Waals surface area (Å²) in [6.07, 6.45) is 1.39. The number of rotatable bonds is 3. The van der Waals surface area contributed by atoms with Crippen LogP contribution in [0.1, 0.15) is 0 Å². The minimum absolute atomic E-state index is 0.140. The summed E-state index contributed by atoms with van der Waals surface area (Å²) >= 11 is 1.19. The highest BCUT2D eigenvalue weighted by Crippen LogP contribution is 2.30. The Bertz CT molecular complexity index is 931. The largest absolute Gasteiger partial charge is 0.322 e. The van der Waals surface area contributed by atoms with Gasteiger partial charge in [0.25, 0.3) is 5.56 Å². The van der Waals surface area contributed by atoms with Crippen molar-refractivity contribution in [3.05, 3.63) is 46.4 Å². The summed E-state index contributed by atoms with van der Waals surface area (Å²) in [6.45, 7) is -0.505. The number of hydrogen-bond donors (Lipinski definition) is 1. The Morgan fingerprint density at radius 2 is 2.12 bits per heavy atom. The summed E-state index contributed by atoms with van der Waals surface area (Å²) in [7, 11) is 1.47. The van der Waals surface area contributed by atoms with Gasteiger partial charge in [-0.1, -0.05) is 0 Å². The van der Waals surface area contributed by atoms with Gasteiger partial charge in [-0.2, -0.15) is 5.10 Å². The highest BCUT2D eigenvalue weighted by Gasteiger charge is 2.26. The average Bonchev–Trinajstić information content (AvgIpc) is 2.57. The van der Waals surface area contributed by atoms with Gasteiger partial charge in [0.2, 0.25) is 11.8 Å².